The molecular formula is C13H22N2O5S. The van der Waals surface area contributed by atoms with E-state index in [1.165, 1.54) is 4.90 Å². The van der Waals surface area contributed by atoms with Gasteiger partial charge in [-0.25, -0.2) is 13.2 Å². The first-order chi connectivity index (χ1) is 9.80. The largest absolute Gasteiger partial charge is 0.480 e. The number of carbonyl (C=O) groups is 2. The van der Waals surface area contributed by atoms with Gasteiger partial charge < -0.3 is 15.3 Å². The molecule has 3 unspecified atom stereocenters. The zero-order chi connectivity index (χ0) is 15.6. The van der Waals surface area contributed by atoms with Crippen molar-refractivity contribution in [3.63, 3.8) is 0 Å². The highest BCUT2D eigenvalue weighted by Gasteiger charge is 2.38. The van der Waals surface area contributed by atoms with Gasteiger partial charge in [0, 0.05) is 25.6 Å². The van der Waals surface area contributed by atoms with Crippen molar-refractivity contribution in [1.82, 2.24) is 10.2 Å². The smallest absolute Gasteiger partial charge is 0.326 e. The number of hydrogen-bond acceptors (Lipinski definition) is 5. The molecule has 2 aliphatic rings. The highest BCUT2D eigenvalue weighted by Crippen LogP contribution is 2.24. The highest BCUT2D eigenvalue weighted by molar-refractivity contribution is 7.91. The molecule has 120 valence electrons. The van der Waals surface area contributed by atoms with Crippen molar-refractivity contribution in [2.75, 3.05) is 24.6 Å². The van der Waals surface area contributed by atoms with E-state index in [0.717, 1.165) is 12.8 Å². The van der Waals surface area contributed by atoms with Gasteiger partial charge in [-0.3, -0.25) is 4.79 Å². The molecule has 0 radical (unpaired) electrons. The summed E-state index contributed by atoms with van der Waals surface area (Å²) in [5.74, 6) is -1.30. The maximum atomic E-state index is 12.4. The molecule has 0 aromatic carbocycles. The number of nitrogens with one attached hydrogen (secondary N) is 1. The van der Waals surface area contributed by atoms with E-state index in [-0.39, 0.29) is 29.8 Å². The third-order valence-electron chi connectivity index (χ3n) is 4.23. The average molecular weight is 318 g/mol. The van der Waals surface area contributed by atoms with Crippen molar-refractivity contribution in [3.05, 3.63) is 0 Å². The van der Waals surface area contributed by atoms with Crippen molar-refractivity contribution < 1.29 is 23.1 Å². The average Bonchev–Trinajstić information content (AvgIpc) is 2.36. The standard InChI is InChI=1S/C13H22N2O5S/c1-9-3-2-5-15(12(9)13(17)18)11(16)7-10-8-21(19,20)6-4-14-10/h9-10,12,14H,2-8H2,1H3,(H,17,18). The van der Waals surface area contributed by atoms with Crippen molar-refractivity contribution in [1.29, 1.82) is 0 Å². The third kappa shape index (κ3) is 3.94. The molecule has 0 aliphatic carbocycles. The molecule has 7 nitrogen and oxygen atoms in total. The predicted octanol–water partition coefficient (Wildman–Crippen LogP) is -0.525. The van der Waals surface area contributed by atoms with Gasteiger partial charge in [0.15, 0.2) is 9.84 Å². The lowest BCUT2D eigenvalue weighted by Crippen LogP contribution is -2.54. The maximum absolute atomic E-state index is 12.4. The minimum atomic E-state index is -3.10. The van der Waals surface area contributed by atoms with Crippen LogP contribution < -0.4 is 5.32 Å². The number of rotatable bonds is 3. The van der Waals surface area contributed by atoms with Crippen molar-refractivity contribution in [2.24, 2.45) is 5.92 Å². The van der Waals surface area contributed by atoms with Gasteiger partial charge in [-0.15, -0.1) is 0 Å². The van der Waals surface area contributed by atoms with Gasteiger partial charge in [0.25, 0.3) is 0 Å². The molecule has 2 fully saturated rings. The van der Waals surface area contributed by atoms with Crippen LogP contribution in [0.5, 0.6) is 0 Å². The van der Waals surface area contributed by atoms with E-state index < -0.39 is 27.9 Å². The zero-order valence-electron chi connectivity index (χ0n) is 12.1. The van der Waals surface area contributed by atoms with Crippen LogP contribution in [-0.4, -0.2) is 67.0 Å². The second kappa shape index (κ2) is 6.31. The molecule has 2 saturated heterocycles. The Hall–Kier alpha value is -1.15. The molecule has 0 bridgehead atoms. The molecule has 0 saturated carbocycles. The van der Waals surface area contributed by atoms with E-state index in [0.29, 0.717) is 13.1 Å². The fraction of sp³-hybridized carbons (Fsp3) is 0.846. The molecule has 2 aliphatic heterocycles. The Morgan fingerprint density at radius 2 is 2.10 bits per heavy atom. The SMILES string of the molecule is CC1CCCN(C(=O)CC2CS(=O)(=O)CCN2)C1C(=O)O. The van der Waals surface area contributed by atoms with Gasteiger partial charge in [0.1, 0.15) is 6.04 Å². The number of carboxylic acids is 1. The number of nitrogens with zero attached hydrogens (tertiary/aromatic N) is 1. The summed E-state index contributed by atoms with van der Waals surface area (Å²) < 4.78 is 23.2. The second-order valence-corrected chi connectivity index (χ2v) is 8.19. The molecule has 21 heavy (non-hydrogen) atoms. The fourth-order valence-corrected chi connectivity index (χ4v) is 4.62. The molecule has 2 heterocycles. The van der Waals surface area contributed by atoms with E-state index >= 15 is 0 Å². The number of amides is 1. The van der Waals surface area contributed by atoms with E-state index in [9.17, 15) is 23.1 Å². The summed E-state index contributed by atoms with van der Waals surface area (Å²) in [6.45, 7) is 2.61. The maximum Gasteiger partial charge on any atom is 0.326 e. The summed E-state index contributed by atoms with van der Waals surface area (Å²) in [7, 11) is -3.10. The third-order valence-corrected chi connectivity index (χ3v) is 5.97. The molecule has 8 heteroatoms. The molecule has 2 N–H and O–H groups in total. The first-order valence-corrected chi connectivity index (χ1v) is 9.08. The molecule has 3 atom stereocenters. The summed E-state index contributed by atoms with van der Waals surface area (Å²) in [5.41, 5.74) is 0. The summed E-state index contributed by atoms with van der Waals surface area (Å²) in [6, 6.07) is -1.21. The van der Waals surface area contributed by atoms with Gasteiger partial charge in [-0.05, 0) is 18.8 Å². The lowest BCUT2D eigenvalue weighted by molar-refractivity contribution is -0.154. The van der Waals surface area contributed by atoms with Crippen molar-refractivity contribution in [2.45, 2.75) is 38.3 Å². The Bertz CT molecular complexity index is 519. The Labute approximate surface area is 124 Å². The quantitative estimate of drug-likeness (QED) is 0.725. The van der Waals surface area contributed by atoms with E-state index in [4.69, 9.17) is 0 Å². The van der Waals surface area contributed by atoms with E-state index in [2.05, 4.69) is 5.32 Å². The topological polar surface area (TPSA) is 104 Å². The van der Waals surface area contributed by atoms with Crippen LogP contribution in [0.15, 0.2) is 0 Å². The highest BCUT2D eigenvalue weighted by atomic mass is 32.2. The van der Waals surface area contributed by atoms with Crippen molar-refractivity contribution >= 4 is 21.7 Å². The van der Waals surface area contributed by atoms with Crippen LogP contribution in [-0.2, 0) is 19.4 Å². The Morgan fingerprint density at radius 1 is 1.38 bits per heavy atom. The van der Waals surface area contributed by atoms with Crippen LogP contribution in [0.3, 0.4) is 0 Å². The first-order valence-electron chi connectivity index (χ1n) is 7.26. The second-order valence-electron chi connectivity index (χ2n) is 5.96. The molecule has 2 rings (SSSR count). The Morgan fingerprint density at radius 3 is 2.71 bits per heavy atom. The summed E-state index contributed by atoms with van der Waals surface area (Å²) in [4.78, 5) is 25.1. The van der Waals surface area contributed by atoms with Gasteiger partial charge in [0.2, 0.25) is 5.91 Å². The van der Waals surface area contributed by atoms with E-state index in [1.54, 1.807) is 0 Å². The lowest BCUT2D eigenvalue weighted by atomic mass is 9.90. The predicted molar refractivity (Wildman–Crippen MR) is 76.6 cm³/mol. The van der Waals surface area contributed by atoms with Gasteiger partial charge >= 0.3 is 5.97 Å². The normalized spacial score (nSPS) is 32.6. The van der Waals surface area contributed by atoms with Crippen LogP contribution in [0.4, 0.5) is 0 Å². The van der Waals surface area contributed by atoms with Crippen LogP contribution in [0.2, 0.25) is 0 Å². The summed E-state index contributed by atoms with van der Waals surface area (Å²) in [6.07, 6.45) is 1.61. The number of sulfone groups is 1. The minimum Gasteiger partial charge on any atom is -0.480 e. The van der Waals surface area contributed by atoms with Gasteiger partial charge in [0.05, 0.1) is 11.5 Å². The lowest BCUT2D eigenvalue weighted by Gasteiger charge is -2.38. The Kier molecular flexibility index (Phi) is 4.88. The minimum absolute atomic E-state index is 0.0374. The number of carboxylic acid groups (broad SMARTS) is 1. The van der Waals surface area contributed by atoms with Crippen LogP contribution in [0.25, 0.3) is 0 Å². The van der Waals surface area contributed by atoms with Gasteiger partial charge in [-0.2, -0.15) is 0 Å². The fourth-order valence-electron chi connectivity index (χ4n) is 3.17. The first kappa shape index (κ1) is 16.2. The summed E-state index contributed by atoms with van der Waals surface area (Å²) in [5, 5.41) is 12.3. The molecule has 0 aromatic heterocycles. The number of likely N-dealkylation sites (tertiary alicyclic amines) is 1. The van der Waals surface area contributed by atoms with Gasteiger partial charge in [-0.1, -0.05) is 6.92 Å². The van der Waals surface area contributed by atoms with Crippen LogP contribution in [0, 0.1) is 5.92 Å². The van der Waals surface area contributed by atoms with Crippen molar-refractivity contribution in [3.8, 4) is 0 Å². The zero-order valence-corrected chi connectivity index (χ0v) is 12.9. The molecular weight excluding hydrogens is 296 g/mol. The number of piperidine rings is 1. The number of aliphatic carboxylic acids is 1. The Balaban J connectivity index is 2.03. The van der Waals surface area contributed by atoms with E-state index in [1.807, 2.05) is 6.92 Å². The monoisotopic (exact) mass is 318 g/mol. The number of hydrogen-bond donors (Lipinski definition) is 2. The molecule has 0 spiro atoms. The number of carbonyl (C=O) groups excluding carboxylic acids is 1. The van der Waals surface area contributed by atoms with Crippen LogP contribution >= 0.6 is 0 Å². The van der Waals surface area contributed by atoms with Crippen LogP contribution in [0.1, 0.15) is 26.2 Å². The summed E-state index contributed by atoms with van der Waals surface area (Å²) >= 11 is 0. The molecule has 1 amide bonds. The molecule has 0 aromatic rings.